The Morgan fingerprint density at radius 2 is 2.26 bits per heavy atom. The monoisotopic (exact) mass is 272 g/mol. The number of nitrogens with zero attached hydrogens (tertiary/aromatic N) is 3. The van der Waals surface area contributed by atoms with Gasteiger partial charge in [0.05, 0.1) is 27.1 Å². The van der Waals surface area contributed by atoms with E-state index in [-0.39, 0.29) is 0 Å². The summed E-state index contributed by atoms with van der Waals surface area (Å²) in [5.41, 5.74) is 5.07. The fourth-order valence-electron chi connectivity index (χ4n) is 1.98. The molecule has 0 bridgehead atoms. The summed E-state index contributed by atoms with van der Waals surface area (Å²) in [4.78, 5) is 4.29. The summed E-state index contributed by atoms with van der Waals surface area (Å²) in [6.45, 7) is 4.01. The van der Waals surface area contributed by atoms with E-state index < -0.39 is 0 Å². The number of rotatable bonds is 5. The predicted octanol–water partition coefficient (Wildman–Crippen LogP) is 2.98. The van der Waals surface area contributed by atoms with Crippen LogP contribution in [0.25, 0.3) is 15.9 Å². The molecule has 0 amide bonds. The molecule has 98 valence electrons. The Balaban J connectivity index is 1.81. The second-order valence-corrected chi connectivity index (χ2v) is 5.32. The smallest absolute Gasteiger partial charge is 0.0813 e. The van der Waals surface area contributed by atoms with Gasteiger partial charge in [-0.2, -0.15) is 5.10 Å². The van der Waals surface area contributed by atoms with Crippen LogP contribution in [0.2, 0.25) is 0 Å². The number of hydrogen-bond donors (Lipinski definition) is 1. The Kier molecular flexibility index (Phi) is 3.57. The van der Waals surface area contributed by atoms with Gasteiger partial charge in [0.2, 0.25) is 0 Å². The van der Waals surface area contributed by atoms with Crippen molar-refractivity contribution < 1.29 is 0 Å². The summed E-state index contributed by atoms with van der Waals surface area (Å²) >= 11 is 1.66. The lowest BCUT2D eigenvalue weighted by Crippen LogP contribution is -2.14. The molecule has 4 nitrogen and oxygen atoms in total. The van der Waals surface area contributed by atoms with Gasteiger partial charge in [0.15, 0.2) is 0 Å². The molecule has 19 heavy (non-hydrogen) atoms. The van der Waals surface area contributed by atoms with E-state index in [4.69, 9.17) is 0 Å². The van der Waals surface area contributed by atoms with E-state index in [1.54, 1.807) is 11.3 Å². The van der Waals surface area contributed by atoms with Gasteiger partial charge >= 0.3 is 0 Å². The van der Waals surface area contributed by atoms with E-state index in [1.165, 1.54) is 4.70 Å². The number of hydrogen-bond acceptors (Lipinski definition) is 4. The lowest BCUT2D eigenvalue weighted by Gasteiger charge is -2.02. The van der Waals surface area contributed by atoms with Crippen LogP contribution >= 0.6 is 11.3 Å². The third-order valence-electron chi connectivity index (χ3n) is 2.96. The molecule has 0 aliphatic heterocycles. The molecule has 2 aromatic heterocycles. The molecule has 0 saturated heterocycles. The third-order valence-corrected chi connectivity index (χ3v) is 3.75. The maximum atomic E-state index is 4.58. The normalized spacial score (nSPS) is 11.2. The van der Waals surface area contributed by atoms with Gasteiger partial charge in [0.1, 0.15) is 0 Å². The Bertz CT molecular complexity index is 671. The summed E-state index contributed by atoms with van der Waals surface area (Å²) in [6.07, 6.45) is 3.15. The fraction of sp³-hybridized carbons (Fsp3) is 0.286. The lowest BCUT2D eigenvalue weighted by molar-refractivity contribution is 0.656. The Hall–Kier alpha value is -1.72. The second kappa shape index (κ2) is 5.50. The van der Waals surface area contributed by atoms with Crippen molar-refractivity contribution >= 4 is 21.6 Å². The molecule has 2 heterocycles. The van der Waals surface area contributed by atoms with Crippen molar-refractivity contribution in [2.45, 2.75) is 19.9 Å². The summed E-state index contributed by atoms with van der Waals surface area (Å²) in [5, 5.41) is 7.94. The van der Waals surface area contributed by atoms with E-state index in [1.807, 2.05) is 22.5 Å². The van der Waals surface area contributed by atoms with E-state index in [0.717, 1.165) is 36.4 Å². The molecular weight excluding hydrogens is 256 g/mol. The predicted molar refractivity (Wildman–Crippen MR) is 78.7 cm³/mol. The van der Waals surface area contributed by atoms with Gasteiger partial charge in [0.25, 0.3) is 0 Å². The van der Waals surface area contributed by atoms with Gasteiger partial charge in [0, 0.05) is 12.7 Å². The van der Waals surface area contributed by atoms with Crippen LogP contribution in [0.1, 0.15) is 19.0 Å². The summed E-state index contributed by atoms with van der Waals surface area (Å²) in [6, 6.07) is 8.28. The highest BCUT2D eigenvalue weighted by atomic mass is 32.1. The van der Waals surface area contributed by atoms with Crippen LogP contribution in [0.5, 0.6) is 0 Å². The molecule has 3 aromatic rings. The molecule has 0 saturated carbocycles. The zero-order chi connectivity index (χ0) is 13.1. The molecule has 1 N–H and O–H groups in total. The zero-order valence-electron chi connectivity index (χ0n) is 10.8. The first-order valence-corrected chi connectivity index (χ1v) is 7.33. The van der Waals surface area contributed by atoms with E-state index in [9.17, 15) is 0 Å². The summed E-state index contributed by atoms with van der Waals surface area (Å²) < 4.78 is 3.11. The van der Waals surface area contributed by atoms with Crippen LogP contribution in [0, 0.1) is 0 Å². The van der Waals surface area contributed by atoms with Crippen molar-refractivity contribution in [2.75, 3.05) is 6.54 Å². The molecule has 3 rings (SSSR count). The molecule has 0 fully saturated rings. The van der Waals surface area contributed by atoms with Gasteiger partial charge in [-0.25, -0.2) is 9.67 Å². The van der Waals surface area contributed by atoms with Crippen molar-refractivity contribution in [1.29, 1.82) is 0 Å². The highest BCUT2D eigenvalue weighted by Gasteiger charge is 2.03. The first-order chi connectivity index (χ1) is 9.36. The SMILES string of the molecule is CCCNCc1ccn(-c2ccc3ncsc3c2)n1. The Morgan fingerprint density at radius 3 is 3.16 bits per heavy atom. The van der Waals surface area contributed by atoms with E-state index >= 15 is 0 Å². The lowest BCUT2D eigenvalue weighted by atomic mass is 10.3. The van der Waals surface area contributed by atoms with Crippen molar-refractivity contribution in [1.82, 2.24) is 20.1 Å². The highest BCUT2D eigenvalue weighted by molar-refractivity contribution is 7.16. The van der Waals surface area contributed by atoms with E-state index in [2.05, 4.69) is 40.5 Å². The van der Waals surface area contributed by atoms with Crippen LogP contribution in [0.4, 0.5) is 0 Å². The van der Waals surface area contributed by atoms with Crippen molar-refractivity contribution in [3.8, 4) is 5.69 Å². The number of nitrogens with one attached hydrogen (secondary N) is 1. The quantitative estimate of drug-likeness (QED) is 0.726. The van der Waals surface area contributed by atoms with Gasteiger partial charge < -0.3 is 5.32 Å². The number of aromatic nitrogens is 3. The average Bonchev–Trinajstić information content (AvgIpc) is 3.06. The second-order valence-electron chi connectivity index (χ2n) is 4.43. The average molecular weight is 272 g/mol. The maximum absolute atomic E-state index is 4.58. The zero-order valence-corrected chi connectivity index (χ0v) is 11.7. The topological polar surface area (TPSA) is 42.7 Å². The minimum absolute atomic E-state index is 0.823. The molecule has 0 unspecified atom stereocenters. The summed E-state index contributed by atoms with van der Waals surface area (Å²) in [7, 11) is 0. The third kappa shape index (κ3) is 2.67. The molecular formula is C14H16N4S. The van der Waals surface area contributed by atoms with Crippen molar-refractivity contribution in [3.05, 3.63) is 41.7 Å². The molecule has 0 aliphatic rings. The van der Waals surface area contributed by atoms with Gasteiger partial charge in [-0.3, -0.25) is 0 Å². The minimum atomic E-state index is 0.823. The first kappa shape index (κ1) is 12.3. The fourth-order valence-corrected chi connectivity index (χ4v) is 2.69. The minimum Gasteiger partial charge on any atom is -0.311 e. The number of thiazole rings is 1. The van der Waals surface area contributed by atoms with Crippen LogP contribution < -0.4 is 5.32 Å². The largest absolute Gasteiger partial charge is 0.311 e. The van der Waals surface area contributed by atoms with Crippen LogP contribution in [0.3, 0.4) is 0 Å². The Labute approximate surface area is 116 Å². The molecule has 0 spiro atoms. The highest BCUT2D eigenvalue weighted by Crippen LogP contribution is 2.20. The first-order valence-electron chi connectivity index (χ1n) is 6.45. The molecule has 5 heteroatoms. The number of fused-ring (bicyclic) bond motifs is 1. The number of benzene rings is 1. The maximum Gasteiger partial charge on any atom is 0.0813 e. The Morgan fingerprint density at radius 1 is 1.32 bits per heavy atom. The molecule has 0 radical (unpaired) electrons. The molecule has 0 atom stereocenters. The van der Waals surface area contributed by atoms with E-state index in [0.29, 0.717) is 0 Å². The van der Waals surface area contributed by atoms with Gasteiger partial charge in [-0.1, -0.05) is 6.92 Å². The van der Waals surface area contributed by atoms with Crippen LogP contribution in [-0.2, 0) is 6.54 Å². The van der Waals surface area contributed by atoms with Crippen LogP contribution in [0.15, 0.2) is 36.0 Å². The van der Waals surface area contributed by atoms with Crippen molar-refractivity contribution in [3.63, 3.8) is 0 Å². The molecule has 1 aromatic carbocycles. The molecule has 0 aliphatic carbocycles. The van der Waals surface area contributed by atoms with Crippen molar-refractivity contribution in [2.24, 2.45) is 0 Å². The van der Waals surface area contributed by atoms with Gasteiger partial charge in [-0.05, 0) is 37.2 Å². The van der Waals surface area contributed by atoms with Gasteiger partial charge in [-0.15, -0.1) is 11.3 Å². The summed E-state index contributed by atoms with van der Waals surface area (Å²) in [5.74, 6) is 0. The standard InChI is InChI=1S/C14H16N4S/c1-2-6-15-9-11-5-7-18(17-11)12-3-4-13-14(8-12)19-10-16-13/h3-5,7-8,10,15H,2,6,9H2,1H3. The van der Waals surface area contributed by atoms with Crippen LogP contribution in [-0.4, -0.2) is 21.3 Å².